The number of hydrogen-bond acceptors (Lipinski definition) is 4. The molecular formula is C13H18N2O3S. The first-order chi connectivity index (χ1) is 8.95. The van der Waals surface area contributed by atoms with E-state index < -0.39 is 5.97 Å². The molecule has 0 aromatic carbocycles. The smallest absolute Gasteiger partial charge is 0.345 e. The summed E-state index contributed by atoms with van der Waals surface area (Å²) in [6, 6.07) is 2.07. The van der Waals surface area contributed by atoms with Crippen LogP contribution in [0.2, 0.25) is 0 Å². The third-order valence-electron chi connectivity index (χ3n) is 3.03. The van der Waals surface area contributed by atoms with E-state index >= 15 is 0 Å². The summed E-state index contributed by atoms with van der Waals surface area (Å²) in [5.74, 6) is -0.857. The van der Waals surface area contributed by atoms with Gasteiger partial charge < -0.3 is 10.4 Å². The van der Waals surface area contributed by atoms with Crippen molar-refractivity contribution in [2.45, 2.75) is 32.4 Å². The number of nitrogens with one attached hydrogen (secondary N) is 1. The molecule has 0 radical (unpaired) electrons. The van der Waals surface area contributed by atoms with E-state index in [1.165, 1.54) is 11.3 Å². The van der Waals surface area contributed by atoms with Crippen molar-refractivity contribution in [3.8, 4) is 0 Å². The molecule has 1 aliphatic carbocycles. The minimum atomic E-state index is -0.895. The molecule has 0 saturated heterocycles. The molecule has 1 aromatic heterocycles. The Balaban J connectivity index is 1.88. The van der Waals surface area contributed by atoms with Crippen LogP contribution in [0.5, 0.6) is 0 Å². The number of carboxylic acids is 1. The van der Waals surface area contributed by atoms with Crippen molar-refractivity contribution in [2.75, 3.05) is 13.6 Å². The van der Waals surface area contributed by atoms with Gasteiger partial charge in [0.15, 0.2) is 0 Å². The zero-order chi connectivity index (χ0) is 14.0. The number of rotatable bonds is 6. The van der Waals surface area contributed by atoms with Crippen LogP contribution in [0.25, 0.3) is 0 Å². The van der Waals surface area contributed by atoms with Gasteiger partial charge in [0, 0.05) is 17.5 Å². The van der Waals surface area contributed by atoms with Crippen molar-refractivity contribution in [3.05, 3.63) is 21.4 Å². The molecule has 2 N–H and O–H groups in total. The van der Waals surface area contributed by atoms with Crippen molar-refractivity contribution in [3.63, 3.8) is 0 Å². The molecule has 1 aliphatic rings. The number of amides is 1. The van der Waals surface area contributed by atoms with Crippen molar-refractivity contribution >= 4 is 23.2 Å². The Bertz CT molecular complexity index is 494. The van der Waals surface area contributed by atoms with Crippen molar-refractivity contribution in [2.24, 2.45) is 0 Å². The van der Waals surface area contributed by atoms with Crippen LogP contribution in [0, 0.1) is 6.92 Å². The summed E-state index contributed by atoms with van der Waals surface area (Å²) < 4.78 is 0. The van der Waals surface area contributed by atoms with E-state index in [1.807, 2.05) is 18.9 Å². The molecule has 0 aliphatic heterocycles. The molecular weight excluding hydrogens is 264 g/mol. The first-order valence-corrected chi connectivity index (χ1v) is 7.08. The molecule has 5 nitrogen and oxygen atoms in total. The second kappa shape index (κ2) is 5.71. The lowest BCUT2D eigenvalue weighted by Crippen LogP contribution is -2.35. The second-order valence-corrected chi connectivity index (χ2v) is 6.27. The quantitative estimate of drug-likeness (QED) is 0.829. The average Bonchev–Trinajstić information content (AvgIpc) is 3.02. The minimum absolute atomic E-state index is 0.0383. The van der Waals surface area contributed by atoms with Crippen LogP contribution in [0.1, 0.15) is 33.0 Å². The molecule has 1 aromatic rings. The minimum Gasteiger partial charge on any atom is -0.477 e. The molecule has 1 fully saturated rings. The van der Waals surface area contributed by atoms with Crippen LogP contribution in [0.4, 0.5) is 0 Å². The fraction of sp³-hybridized carbons (Fsp3) is 0.538. The van der Waals surface area contributed by atoms with Crippen LogP contribution in [0.15, 0.2) is 6.07 Å². The van der Waals surface area contributed by atoms with Gasteiger partial charge in [0.1, 0.15) is 4.88 Å². The number of nitrogens with zero attached hydrogens (tertiary/aromatic N) is 1. The Morgan fingerprint density at radius 2 is 2.21 bits per heavy atom. The van der Waals surface area contributed by atoms with Crippen LogP contribution in [-0.2, 0) is 11.3 Å². The maximum Gasteiger partial charge on any atom is 0.345 e. The van der Waals surface area contributed by atoms with Crippen LogP contribution < -0.4 is 5.32 Å². The summed E-state index contributed by atoms with van der Waals surface area (Å²) in [6.07, 6.45) is 2.17. The Labute approximate surface area is 116 Å². The number of carboxylic acid groups (broad SMARTS) is 1. The highest BCUT2D eigenvalue weighted by atomic mass is 32.1. The van der Waals surface area contributed by atoms with Crippen molar-refractivity contribution < 1.29 is 14.7 Å². The van der Waals surface area contributed by atoms with Crippen LogP contribution in [0.3, 0.4) is 0 Å². The first kappa shape index (κ1) is 14.0. The molecule has 0 bridgehead atoms. The topological polar surface area (TPSA) is 69.6 Å². The summed E-state index contributed by atoms with van der Waals surface area (Å²) in [5.41, 5.74) is 0.976. The number of carbonyl (C=O) groups excluding carboxylic acids is 1. The van der Waals surface area contributed by atoms with Gasteiger partial charge in [0.2, 0.25) is 5.91 Å². The standard InChI is InChI=1S/C13H18N2O3S/c1-8-9(5-11(19-8)13(17)18)6-15(2)7-12(16)14-10-3-4-10/h5,10H,3-4,6-7H2,1-2H3,(H,14,16)(H,17,18). The number of thiophene rings is 1. The number of likely N-dealkylation sites (N-methyl/N-ethyl adjacent to an activating group) is 1. The molecule has 0 spiro atoms. The maximum atomic E-state index is 11.6. The van der Waals surface area contributed by atoms with E-state index in [4.69, 9.17) is 5.11 Å². The Kier molecular flexibility index (Phi) is 4.21. The highest BCUT2D eigenvalue weighted by Crippen LogP contribution is 2.22. The average molecular weight is 282 g/mol. The van der Waals surface area contributed by atoms with Crippen LogP contribution >= 0.6 is 11.3 Å². The van der Waals surface area contributed by atoms with Gasteiger partial charge in [0.05, 0.1) is 6.54 Å². The van der Waals surface area contributed by atoms with Crippen LogP contribution in [-0.4, -0.2) is 41.5 Å². The van der Waals surface area contributed by atoms with E-state index in [-0.39, 0.29) is 5.91 Å². The normalized spacial score (nSPS) is 14.7. The fourth-order valence-corrected chi connectivity index (χ4v) is 2.75. The van der Waals surface area contributed by atoms with Gasteiger partial charge in [-0.25, -0.2) is 4.79 Å². The number of hydrogen-bond donors (Lipinski definition) is 2. The SMILES string of the molecule is Cc1sc(C(=O)O)cc1CN(C)CC(=O)NC1CC1. The van der Waals surface area contributed by atoms with E-state index in [0.717, 1.165) is 23.3 Å². The Hall–Kier alpha value is -1.40. The molecule has 104 valence electrons. The second-order valence-electron chi connectivity index (χ2n) is 5.01. The molecule has 2 rings (SSSR count). The lowest BCUT2D eigenvalue weighted by Gasteiger charge is -2.16. The predicted octanol–water partition coefficient (Wildman–Crippen LogP) is 1.47. The monoisotopic (exact) mass is 282 g/mol. The summed E-state index contributed by atoms with van der Waals surface area (Å²) in [6.45, 7) is 2.84. The molecule has 19 heavy (non-hydrogen) atoms. The zero-order valence-corrected chi connectivity index (χ0v) is 11.9. The van der Waals surface area contributed by atoms with E-state index in [2.05, 4.69) is 5.32 Å². The van der Waals surface area contributed by atoms with Gasteiger partial charge >= 0.3 is 5.97 Å². The molecule has 6 heteroatoms. The Morgan fingerprint density at radius 1 is 1.53 bits per heavy atom. The number of aryl methyl sites for hydroxylation is 1. The molecule has 1 heterocycles. The number of carbonyl (C=O) groups is 2. The summed E-state index contributed by atoms with van der Waals surface area (Å²) in [5, 5.41) is 11.9. The molecule has 1 amide bonds. The van der Waals surface area contributed by atoms with E-state index in [1.54, 1.807) is 6.07 Å². The summed E-state index contributed by atoms with van der Waals surface area (Å²) in [4.78, 5) is 25.8. The first-order valence-electron chi connectivity index (χ1n) is 6.26. The maximum absolute atomic E-state index is 11.6. The van der Waals surface area contributed by atoms with Gasteiger partial charge in [-0.2, -0.15) is 0 Å². The molecule has 0 atom stereocenters. The zero-order valence-electron chi connectivity index (χ0n) is 11.1. The predicted molar refractivity (Wildman–Crippen MR) is 73.5 cm³/mol. The third kappa shape index (κ3) is 4.04. The largest absolute Gasteiger partial charge is 0.477 e. The Morgan fingerprint density at radius 3 is 2.74 bits per heavy atom. The van der Waals surface area contributed by atoms with Gasteiger partial charge in [-0.05, 0) is 38.4 Å². The highest BCUT2D eigenvalue weighted by molar-refractivity contribution is 7.14. The molecule has 1 saturated carbocycles. The van der Waals surface area contributed by atoms with Gasteiger partial charge in [-0.15, -0.1) is 11.3 Å². The van der Waals surface area contributed by atoms with Gasteiger partial charge in [-0.3, -0.25) is 9.69 Å². The van der Waals surface area contributed by atoms with Gasteiger partial charge in [0.25, 0.3) is 0 Å². The molecule has 0 unspecified atom stereocenters. The van der Waals surface area contributed by atoms with Crippen molar-refractivity contribution in [1.29, 1.82) is 0 Å². The lowest BCUT2D eigenvalue weighted by molar-refractivity contribution is -0.122. The third-order valence-corrected chi connectivity index (χ3v) is 4.11. The summed E-state index contributed by atoms with van der Waals surface area (Å²) in [7, 11) is 1.87. The lowest BCUT2D eigenvalue weighted by atomic mass is 10.2. The summed E-state index contributed by atoms with van der Waals surface area (Å²) >= 11 is 1.28. The van der Waals surface area contributed by atoms with Gasteiger partial charge in [-0.1, -0.05) is 0 Å². The highest BCUT2D eigenvalue weighted by Gasteiger charge is 2.23. The fourth-order valence-electron chi connectivity index (χ4n) is 1.88. The number of aromatic carboxylic acids is 1. The van der Waals surface area contributed by atoms with E-state index in [9.17, 15) is 9.59 Å². The van der Waals surface area contributed by atoms with E-state index in [0.29, 0.717) is 24.0 Å². The van der Waals surface area contributed by atoms with Crippen molar-refractivity contribution in [1.82, 2.24) is 10.2 Å².